The fourth-order valence-electron chi connectivity index (χ4n) is 2.45. The van der Waals surface area contributed by atoms with Gasteiger partial charge in [-0.1, -0.05) is 43.2 Å². The molecular weight excluding hydrogens is 170 g/mol. The molecule has 1 heteroatoms. The summed E-state index contributed by atoms with van der Waals surface area (Å²) < 4.78 is 0. The number of hydrogen-bond acceptors (Lipinski definition) is 1. The number of nitrogens with two attached hydrogens (primary N) is 1. The summed E-state index contributed by atoms with van der Waals surface area (Å²) in [5.74, 6) is 0.848. The highest BCUT2D eigenvalue weighted by atomic mass is 14.8. The predicted octanol–water partition coefficient (Wildman–Crippen LogP) is 2.97. The van der Waals surface area contributed by atoms with Gasteiger partial charge in [0.1, 0.15) is 0 Å². The zero-order valence-electron chi connectivity index (χ0n) is 9.09. The Kier molecular flexibility index (Phi) is 2.36. The van der Waals surface area contributed by atoms with Crippen molar-refractivity contribution in [2.24, 2.45) is 11.7 Å². The van der Waals surface area contributed by atoms with E-state index >= 15 is 0 Å². The maximum absolute atomic E-state index is 6.36. The smallest absolute Gasteiger partial charge is 0.0415 e. The molecule has 2 rings (SSSR count). The zero-order valence-corrected chi connectivity index (χ0v) is 9.09. The fourth-order valence-corrected chi connectivity index (χ4v) is 2.45. The number of aryl methyl sites for hydroxylation is 1. The molecule has 1 aliphatic rings. The molecular formula is C13H19N. The van der Waals surface area contributed by atoms with Crippen LogP contribution in [0.2, 0.25) is 0 Å². The molecule has 0 radical (unpaired) electrons. The van der Waals surface area contributed by atoms with Crippen molar-refractivity contribution in [3.63, 3.8) is 0 Å². The highest BCUT2D eigenvalue weighted by Gasteiger charge is 2.40. The Morgan fingerprint density at radius 3 is 2.71 bits per heavy atom. The molecule has 1 nitrogen and oxygen atoms in total. The lowest BCUT2D eigenvalue weighted by atomic mass is 9.64. The van der Waals surface area contributed by atoms with Crippen LogP contribution in [0.15, 0.2) is 24.3 Å². The summed E-state index contributed by atoms with van der Waals surface area (Å²) in [6.07, 6.45) is 3.59. The van der Waals surface area contributed by atoms with E-state index in [1.165, 1.54) is 17.5 Å². The third kappa shape index (κ3) is 1.57. The van der Waals surface area contributed by atoms with Crippen LogP contribution in [0.5, 0.6) is 0 Å². The van der Waals surface area contributed by atoms with Crippen LogP contribution in [0, 0.1) is 12.8 Å². The van der Waals surface area contributed by atoms with Gasteiger partial charge in [-0.3, -0.25) is 0 Å². The van der Waals surface area contributed by atoms with E-state index < -0.39 is 0 Å². The average Bonchev–Trinajstić information content (AvgIpc) is 2.13. The van der Waals surface area contributed by atoms with E-state index in [0.717, 1.165) is 18.8 Å². The zero-order chi connectivity index (χ0) is 10.2. The van der Waals surface area contributed by atoms with Gasteiger partial charge in [0, 0.05) is 5.54 Å². The van der Waals surface area contributed by atoms with Gasteiger partial charge in [-0.05, 0) is 31.2 Å². The Labute approximate surface area is 86.3 Å². The van der Waals surface area contributed by atoms with Gasteiger partial charge < -0.3 is 5.73 Å². The van der Waals surface area contributed by atoms with Crippen molar-refractivity contribution < 1.29 is 0 Å². The molecule has 1 saturated carbocycles. The molecule has 0 unspecified atom stereocenters. The van der Waals surface area contributed by atoms with E-state index in [2.05, 4.69) is 38.1 Å². The number of benzene rings is 1. The van der Waals surface area contributed by atoms with Gasteiger partial charge in [0.25, 0.3) is 0 Å². The van der Waals surface area contributed by atoms with E-state index in [0.29, 0.717) is 0 Å². The van der Waals surface area contributed by atoms with Crippen LogP contribution in [0.25, 0.3) is 0 Å². The van der Waals surface area contributed by atoms with Gasteiger partial charge in [-0.2, -0.15) is 0 Å². The second-order valence-corrected chi connectivity index (χ2v) is 4.71. The minimum Gasteiger partial charge on any atom is -0.321 e. The van der Waals surface area contributed by atoms with Crippen LogP contribution >= 0.6 is 0 Å². The first-order chi connectivity index (χ1) is 6.64. The summed E-state index contributed by atoms with van der Waals surface area (Å²) in [6, 6.07) is 8.63. The van der Waals surface area contributed by atoms with E-state index in [1.807, 2.05) is 0 Å². The van der Waals surface area contributed by atoms with Crippen molar-refractivity contribution in [3.05, 3.63) is 35.4 Å². The second kappa shape index (κ2) is 3.39. The highest BCUT2D eigenvalue weighted by Crippen LogP contribution is 2.44. The molecule has 0 bridgehead atoms. The van der Waals surface area contributed by atoms with Gasteiger partial charge in [0.05, 0.1) is 0 Å². The van der Waals surface area contributed by atoms with E-state index in [4.69, 9.17) is 5.73 Å². The monoisotopic (exact) mass is 189 g/mol. The van der Waals surface area contributed by atoms with E-state index in [1.54, 1.807) is 0 Å². The lowest BCUT2D eigenvalue weighted by molar-refractivity contribution is 0.143. The molecule has 1 aromatic rings. The average molecular weight is 189 g/mol. The van der Waals surface area contributed by atoms with Crippen LogP contribution in [-0.4, -0.2) is 0 Å². The Balaban J connectivity index is 2.16. The molecule has 0 amide bonds. The number of rotatable bonds is 2. The fraction of sp³-hybridized carbons (Fsp3) is 0.538. The molecule has 0 spiro atoms. The van der Waals surface area contributed by atoms with Crippen molar-refractivity contribution in [3.8, 4) is 0 Å². The van der Waals surface area contributed by atoms with Gasteiger partial charge in [0.15, 0.2) is 0 Å². The molecule has 1 aliphatic carbocycles. The first kappa shape index (κ1) is 9.72. The normalized spacial score (nSPS) is 31.2. The van der Waals surface area contributed by atoms with E-state index in [-0.39, 0.29) is 5.54 Å². The summed E-state index contributed by atoms with van der Waals surface area (Å²) in [6.45, 7) is 4.38. The van der Waals surface area contributed by atoms with Crippen molar-refractivity contribution in [2.45, 2.75) is 38.6 Å². The van der Waals surface area contributed by atoms with Crippen molar-refractivity contribution in [1.29, 1.82) is 0 Å². The molecule has 0 saturated heterocycles. The van der Waals surface area contributed by atoms with Crippen molar-refractivity contribution in [2.75, 3.05) is 0 Å². The Hall–Kier alpha value is -0.820. The van der Waals surface area contributed by atoms with Gasteiger partial charge >= 0.3 is 0 Å². The van der Waals surface area contributed by atoms with Gasteiger partial charge in [-0.15, -0.1) is 0 Å². The summed E-state index contributed by atoms with van der Waals surface area (Å²) >= 11 is 0. The molecule has 1 aromatic carbocycles. The molecule has 0 atom stereocenters. The molecule has 0 aliphatic heterocycles. The summed E-state index contributed by atoms with van der Waals surface area (Å²) in [5, 5.41) is 0. The molecule has 76 valence electrons. The highest BCUT2D eigenvalue weighted by molar-refractivity contribution is 5.30. The first-order valence-corrected chi connectivity index (χ1v) is 5.50. The van der Waals surface area contributed by atoms with Crippen LogP contribution in [0.3, 0.4) is 0 Å². The molecule has 2 N–H and O–H groups in total. The summed E-state index contributed by atoms with van der Waals surface area (Å²) in [4.78, 5) is 0. The lowest BCUT2D eigenvalue weighted by Crippen LogP contribution is -2.48. The summed E-state index contributed by atoms with van der Waals surface area (Å²) in [5.41, 5.74) is 8.97. The van der Waals surface area contributed by atoms with Crippen molar-refractivity contribution >= 4 is 0 Å². The maximum Gasteiger partial charge on any atom is 0.0415 e. The lowest BCUT2D eigenvalue weighted by Gasteiger charge is -2.45. The maximum atomic E-state index is 6.36. The van der Waals surface area contributed by atoms with Crippen LogP contribution in [0.1, 0.15) is 37.3 Å². The second-order valence-electron chi connectivity index (χ2n) is 4.71. The van der Waals surface area contributed by atoms with E-state index in [9.17, 15) is 0 Å². The minimum absolute atomic E-state index is 0.0211. The largest absolute Gasteiger partial charge is 0.321 e. The third-order valence-electron chi connectivity index (χ3n) is 3.48. The van der Waals surface area contributed by atoms with Gasteiger partial charge in [-0.25, -0.2) is 0 Å². The molecule has 14 heavy (non-hydrogen) atoms. The molecule has 0 aromatic heterocycles. The first-order valence-electron chi connectivity index (χ1n) is 5.50. The Bertz CT molecular complexity index is 324. The molecule has 1 fully saturated rings. The van der Waals surface area contributed by atoms with Crippen LogP contribution in [0.4, 0.5) is 0 Å². The topological polar surface area (TPSA) is 26.0 Å². The third-order valence-corrected chi connectivity index (χ3v) is 3.48. The van der Waals surface area contributed by atoms with Crippen LogP contribution < -0.4 is 5.73 Å². The Morgan fingerprint density at radius 1 is 1.43 bits per heavy atom. The predicted molar refractivity (Wildman–Crippen MR) is 60.1 cm³/mol. The quantitative estimate of drug-likeness (QED) is 0.760. The number of hydrogen-bond donors (Lipinski definition) is 1. The summed E-state index contributed by atoms with van der Waals surface area (Å²) in [7, 11) is 0. The van der Waals surface area contributed by atoms with Gasteiger partial charge in [0.2, 0.25) is 0 Å². The van der Waals surface area contributed by atoms with Crippen LogP contribution in [-0.2, 0) is 5.54 Å². The Morgan fingerprint density at radius 2 is 2.14 bits per heavy atom. The molecule has 0 heterocycles. The van der Waals surface area contributed by atoms with Crippen molar-refractivity contribution in [1.82, 2.24) is 0 Å². The minimum atomic E-state index is -0.0211. The SMILES string of the molecule is CCC1CC(N)(c2cccc(C)c2)C1. The standard InChI is InChI=1S/C13H19N/c1-3-11-8-13(14,9-11)12-6-4-5-10(2)7-12/h4-7,11H,3,8-9,14H2,1-2H3.